The van der Waals surface area contributed by atoms with E-state index in [1.165, 1.54) is 5.56 Å². The van der Waals surface area contributed by atoms with Crippen molar-refractivity contribution in [1.29, 1.82) is 0 Å². The van der Waals surface area contributed by atoms with Gasteiger partial charge in [-0.05, 0) is 30.9 Å². The maximum Gasteiger partial charge on any atom is 0.340 e. The molecule has 1 heterocycles. The van der Waals surface area contributed by atoms with E-state index in [2.05, 4.69) is 6.07 Å². The number of carbonyl (C=O) groups excluding carboxylic acids is 1. The van der Waals surface area contributed by atoms with Crippen LogP contribution in [-0.4, -0.2) is 37.2 Å². The number of esters is 1. The van der Waals surface area contributed by atoms with Crippen LogP contribution in [0.1, 0.15) is 34.8 Å². The van der Waals surface area contributed by atoms with Crippen molar-refractivity contribution in [1.82, 2.24) is 0 Å². The maximum atomic E-state index is 15.0. The van der Waals surface area contributed by atoms with Gasteiger partial charge in [0.2, 0.25) is 0 Å². The number of rotatable bonds is 4. The maximum absolute atomic E-state index is 15.0. The first kappa shape index (κ1) is 19.3. The van der Waals surface area contributed by atoms with Gasteiger partial charge in [0, 0.05) is 12.6 Å². The highest BCUT2D eigenvalue weighted by Gasteiger charge is 2.44. The number of benzene rings is 2. The van der Waals surface area contributed by atoms with Gasteiger partial charge in [-0.1, -0.05) is 24.3 Å². The van der Waals surface area contributed by atoms with Crippen molar-refractivity contribution < 1.29 is 23.6 Å². The molecule has 0 bridgehead atoms. The van der Waals surface area contributed by atoms with E-state index in [4.69, 9.17) is 9.47 Å². The fourth-order valence-corrected chi connectivity index (χ4v) is 4.32. The van der Waals surface area contributed by atoms with Crippen LogP contribution < -0.4 is 4.90 Å². The third kappa shape index (κ3) is 3.33. The largest absolute Gasteiger partial charge is 0.462 e. The summed E-state index contributed by atoms with van der Waals surface area (Å²) in [6.45, 7) is 2.79. The van der Waals surface area contributed by atoms with Crippen LogP contribution in [0, 0.1) is 15.9 Å². The van der Waals surface area contributed by atoms with Crippen LogP contribution in [0.3, 0.4) is 0 Å². The Morgan fingerprint density at radius 2 is 2.17 bits per heavy atom. The predicted octanol–water partition coefficient (Wildman–Crippen LogP) is 3.59. The number of hydrogen-bond donors (Lipinski definition) is 0. The smallest absolute Gasteiger partial charge is 0.340 e. The molecule has 1 unspecified atom stereocenters. The second-order valence-electron chi connectivity index (χ2n) is 7.22. The van der Waals surface area contributed by atoms with Gasteiger partial charge in [0.25, 0.3) is 5.69 Å². The molecule has 2 aromatic carbocycles. The number of anilines is 1. The lowest BCUT2D eigenvalue weighted by Crippen LogP contribution is -2.49. The Morgan fingerprint density at radius 3 is 2.93 bits per heavy atom. The molecular formula is C21H21FN2O5. The Kier molecular flexibility index (Phi) is 4.96. The lowest BCUT2D eigenvalue weighted by molar-refractivity contribution is -0.385. The summed E-state index contributed by atoms with van der Waals surface area (Å²) in [6, 6.07) is 9.94. The van der Waals surface area contributed by atoms with E-state index in [0.29, 0.717) is 19.7 Å². The fourth-order valence-electron chi connectivity index (χ4n) is 4.32. The van der Waals surface area contributed by atoms with E-state index >= 15 is 4.39 Å². The standard InChI is InChI=1S/C21H21FN2O5/c1-2-28-20(25)16-11-15(24(26)27)12-18(22)19(16)23-9-10-29-21(13-23)8-7-14-5-3-4-6-17(14)21/h3-6,11-12H,2,7-10,13H2,1H3. The topological polar surface area (TPSA) is 81.9 Å². The van der Waals surface area contributed by atoms with Crippen molar-refractivity contribution in [3.63, 3.8) is 0 Å². The number of fused-ring (bicyclic) bond motifs is 2. The first-order valence-corrected chi connectivity index (χ1v) is 9.57. The number of nitrogens with zero attached hydrogens (tertiary/aromatic N) is 2. The van der Waals surface area contributed by atoms with Crippen LogP contribution in [0.5, 0.6) is 0 Å². The molecule has 0 N–H and O–H groups in total. The van der Waals surface area contributed by atoms with Crippen LogP contribution in [0.15, 0.2) is 36.4 Å². The van der Waals surface area contributed by atoms with Gasteiger partial charge in [-0.3, -0.25) is 10.1 Å². The average molecular weight is 400 g/mol. The summed E-state index contributed by atoms with van der Waals surface area (Å²) in [6.07, 6.45) is 1.61. The van der Waals surface area contributed by atoms with E-state index in [1.807, 2.05) is 18.2 Å². The Bertz CT molecular complexity index is 976. The minimum Gasteiger partial charge on any atom is -0.462 e. The summed E-state index contributed by atoms with van der Waals surface area (Å²) in [5.41, 5.74) is 1.09. The van der Waals surface area contributed by atoms with Gasteiger partial charge in [0.1, 0.15) is 5.60 Å². The SMILES string of the molecule is CCOC(=O)c1cc([N+](=O)[O-])cc(F)c1N1CCOC2(CCc3ccccc32)C1. The molecule has 1 spiro atoms. The first-order chi connectivity index (χ1) is 13.9. The first-order valence-electron chi connectivity index (χ1n) is 9.57. The molecule has 1 aliphatic carbocycles. The number of halogens is 1. The van der Waals surface area contributed by atoms with E-state index in [-0.39, 0.29) is 17.9 Å². The Morgan fingerprint density at radius 1 is 1.38 bits per heavy atom. The molecule has 152 valence electrons. The van der Waals surface area contributed by atoms with Crippen molar-refractivity contribution in [3.8, 4) is 0 Å². The zero-order valence-corrected chi connectivity index (χ0v) is 16.0. The molecule has 1 atom stereocenters. The molecule has 0 amide bonds. The summed E-state index contributed by atoms with van der Waals surface area (Å²) in [5, 5.41) is 11.2. The Balaban J connectivity index is 1.76. The lowest BCUT2D eigenvalue weighted by Gasteiger charge is -2.42. The van der Waals surface area contributed by atoms with Crippen molar-refractivity contribution in [3.05, 3.63) is 69.0 Å². The summed E-state index contributed by atoms with van der Waals surface area (Å²) in [5.74, 6) is -1.59. The predicted molar refractivity (Wildman–Crippen MR) is 104 cm³/mol. The van der Waals surface area contributed by atoms with Gasteiger partial charge in [-0.25, -0.2) is 9.18 Å². The molecule has 29 heavy (non-hydrogen) atoms. The zero-order chi connectivity index (χ0) is 20.6. The van der Waals surface area contributed by atoms with Gasteiger partial charge in [-0.15, -0.1) is 0 Å². The highest BCUT2D eigenvalue weighted by Crippen LogP contribution is 2.44. The molecule has 0 radical (unpaired) electrons. The summed E-state index contributed by atoms with van der Waals surface area (Å²) >= 11 is 0. The normalized spacial score (nSPS) is 20.6. The number of morpholine rings is 1. The van der Waals surface area contributed by atoms with Gasteiger partial charge in [0.05, 0.1) is 42.0 Å². The number of non-ortho nitro benzene ring substituents is 1. The van der Waals surface area contributed by atoms with Gasteiger partial charge < -0.3 is 14.4 Å². The third-order valence-electron chi connectivity index (χ3n) is 5.56. The number of carbonyl (C=O) groups is 1. The zero-order valence-electron chi connectivity index (χ0n) is 16.0. The quantitative estimate of drug-likeness (QED) is 0.443. The summed E-state index contributed by atoms with van der Waals surface area (Å²) in [4.78, 5) is 24.7. The molecule has 8 heteroatoms. The van der Waals surface area contributed by atoms with Crippen LogP contribution in [-0.2, 0) is 21.5 Å². The summed E-state index contributed by atoms with van der Waals surface area (Å²) in [7, 11) is 0. The number of hydrogen-bond acceptors (Lipinski definition) is 6. The van der Waals surface area contributed by atoms with Crippen molar-refractivity contribution in [2.24, 2.45) is 0 Å². The van der Waals surface area contributed by atoms with Crippen LogP contribution >= 0.6 is 0 Å². The monoisotopic (exact) mass is 400 g/mol. The van der Waals surface area contributed by atoms with Crippen LogP contribution in [0.4, 0.5) is 15.8 Å². The number of nitro benzene ring substituents is 1. The molecule has 4 rings (SSSR count). The fraction of sp³-hybridized carbons (Fsp3) is 0.381. The molecule has 2 aliphatic rings. The van der Waals surface area contributed by atoms with Crippen LogP contribution in [0.25, 0.3) is 0 Å². The molecular weight excluding hydrogens is 379 g/mol. The number of aryl methyl sites for hydroxylation is 1. The van der Waals surface area contributed by atoms with E-state index in [1.54, 1.807) is 11.8 Å². The number of nitro groups is 1. The van der Waals surface area contributed by atoms with Crippen molar-refractivity contribution in [2.45, 2.75) is 25.4 Å². The van der Waals surface area contributed by atoms with Crippen molar-refractivity contribution >= 4 is 17.3 Å². The lowest BCUT2D eigenvalue weighted by atomic mass is 9.93. The van der Waals surface area contributed by atoms with E-state index in [9.17, 15) is 14.9 Å². The van der Waals surface area contributed by atoms with E-state index < -0.39 is 28.0 Å². The van der Waals surface area contributed by atoms with Gasteiger partial charge in [-0.2, -0.15) is 0 Å². The van der Waals surface area contributed by atoms with Crippen molar-refractivity contribution in [2.75, 3.05) is 31.2 Å². The number of ether oxygens (including phenoxy) is 2. The molecule has 1 aliphatic heterocycles. The summed E-state index contributed by atoms with van der Waals surface area (Å²) < 4.78 is 26.2. The second kappa shape index (κ2) is 7.44. The highest BCUT2D eigenvalue weighted by molar-refractivity contribution is 5.97. The molecule has 0 aromatic heterocycles. The average Bonchev–Trinajstić information content (AvgIpc) is 3.05. The molecule has 2 aromatic rings. The van der Waals surface area contributed by atoms with Crippen LogP contribution in [0.2, 0.25) is 0 Å². The molecule has 0 saturated carbocycles. The minimum atomic E-state index is -0.814. The van der Waals surface area contributed by atoms with Gasteiger partial charge in [0.15, 0.2) is 5.82 Å². The second-order valence-corrected chi connectivity index (χ2v) is 7.22. The molecule has 1 saturated heterocycles. The Hall–Kier alpha value is -3.00. The van der Waals surface area contributed by atoms with E-state index in [0.717, 1.165) is 30.5 Å². The minimum absolute atomic E-state index is 0.0288. The van der Waals surface area contributed by atoms with Gasteiger partial charge >= 0.3 is 5.97 Å². The molecule has 7 nitrogen and oxygen atoms in total. The highest BCUT2D eigenvalue weighted by atomic mass is 19.1. The Labute approximate surface area is 167 Å². The third-order valence-corrected chi connectivity index (χ3v) is 5.56. The molecule has 1 fully saturated rings.